The van der Waals surface area contributed by atoms with E-state index < -0.39 is 18.3 Å². The van der Waals surface area contributed by atoms with Gasteiger partial charge in [0, 0.05) is 57.3 Å². The number of carbonyl (C=O) groups is 1. The number of pyridine rings is 1. The van der Waals surface area contributed by atoms with Gasteiger partial charge in [-0.15, -0.1) is 0 Å². The van der Waals surface area contributed by atoms with Gasteiger partial charge in [-0.1, -0.05) is 6.07 Å². The van der Waals surface area contributed by atoms with Crippen LogP contribution in [-0.2, 0) is 37.5 Å². The summed E-state index contributed by atoms with van der Waals surface area (Å²) in [6.07, 6.45) is 1.53. The van der Waals surface area contributed by atoms with Crippen LogP contribution in [0.25, 0.3) is 0 Å². The molecule has 0 aromatic carbocycles. The maximum absolute atomic E-state index is 15.5. The molecular weight excluding hydrogens is 474 g/mol. The van der Waals surface area contributed by atoms with Crippen LogP contribution in [0.3, 0.4) is 0 Å². The number of Topliss-reactive ketones (excluding diaryl/α,β-unsaturated/α-hetero) is 1. The highest BCUT2D eigenvalue weighted by Gasteiger charge is 2.36. The zero-order chi connectivity index (χ0) is 25.8. The fourth-order valence-corrected chi connectivity index (χ4v) is 5.38. The van der Waals surface area contributed by atoms with E-state index in [4.69, 9.17) is 0 Å². The third-order valence-corrected chi connectivity index (χ3v) is 7.57. The Bertz CT molecular complexity index is 1030. The van der Waals surface area contributed by atoms with Crippen molar-refractivity contribution in [3.05, 3.63) is 41.0 Å². The second-order valence-corrected chi connectivity index (χ2v) is 10.5. The van der Waals surface area contributed by atoms with E-state index in [1.807, 2.05) is 6.07 Å². The van der Waals surface area contributed by atoms with Crippen LogP contribution in [0.2, 0.25) is 0 Å². The van der Waals surface area contributed by atoms with Gasteiger partial charge in [0.05, 0.1) is 18.3 Å². The lowest BCUT2D eigenvalue weighted by molar-refractivity contribution is -0.134. The van der Waals surface area contributed by atoms with E-state index in [0.29, 0.717) is 50.0 Å². The van der Waals surface area contributed by atoms with Crippen molar-refractivity contribution < 1.29 is 22.4 Å². The highest BCUT2D eigenvalue weighted by atomic mass is 19.4. The van der Waals surface area contributed by atoms with Gasteiger partial charge in [0.1, 0.15) is 11.5 Å². The molecule has 0 unspecified atom stereocenters. The number of ketones is 1. The lowest BCUT2D eigenvalue weighted by Crippen LogP contribution is -2.36. The van der Waals surface area contributed by atoms with E-state index in [1.165, 1.54) is 4.80 Å². The summed E-state index contributed by atoms with van der Waals surface area (Å²) in [5.41, 5.74) is 1.90. The van der Waals surface area contributed by atoms with Gasteiger partial charge in [-0.05, 0) is 62.5 Å². The highest BCUT2D eigenvalue weighted by Crippen LogP contribution is 2.39. The molecule has 2 aromatic rings. The molecule has 0 amide bonds. The molecule has 6 nitrogen and oxygen atoms in total. The molecule has 0 N–H and O–H groups in total. The molecule has 2 aromatic heterocycles. The molecular formula is C26H35F4N5O. The highest BCUT2D eigenvalue weighted by molar-refractivity contribution is 5.80. The fraction of sp³-hybridized carbons (Fsp3) is 0.692. The van der Waals surface area contributed by atoms with Gasteiger partial charge in [-0.25, -0.2) is 4.39 Å². The summed E-state index contributed by atoms with van der Waals surface area (Å²) in [5.74, 6) is 0.356. The Kier molecular flexibility index (Phi) is 8.42. The second kappa shape index (κ2) is 11.4. The Hall–Kier alpha value is -2.36. The topological polar surface area (TPSA) is 63.9 Å². The van der Waals surface area contributed by atoms with Gasteiger partial charge in [-0.3, -0.25) is 9.78 Å². The van der Waals surface area contributed by atoms with E-state index in [-0.39, 0.29) is 24.5 Å². The van der Waals surface area contributed by atoms with Gasteiger partial charge in [0.15, 0.2) is 0 Å². The molecule has 1 fully saturated rings. The number of carbonyl (C=O) groups excluding carboxylic acids is 1. The molecule has 0 radical (unpaired) electrons. The molecule has 10 heteroatoms. The van der Waals surface area contributed by atoms with Crippen LogP contribution in [0.15, 0.2) is 18.3 Å². The molecule has 0 saturated heterocycles. The Morgan fingerprint density at radius 3 is 2.58 bits per heavy atom. The van der Waals surface area contributed by atoms with Crippen molar-refractivity contribution >= 4 is 5.78 Å². The average molecular weight is 510 g/mol. The van der Waals surface area contributed by atoms with E-state index in [2.05, 4.69) is 20.1 Å². The first-order valence-corrected chi connectivity index (χ1v) is 12.9. The molecule has 4 rings (SSSR count). The minimum absolute atomic E-state index is 0.0994. The van der Waals surface area contributed by atoms with E-state index >= 15 is 4.39 Å². The maximum atomic E-state index is 15.5. The van der Waals surface area contributed by atoms with Crippen molar-refractivity contribution in [1.82, 2.24) is 24.9 Å². The zero-order valence-electron chi connectivity index (χ0n) is 20.9. The monoisotopic (exact) mass is 509 g/mol. The Morgan fingerprint density at radius 2 is 1.89 bits per heavy atom. The predicted molar refractivity (Wildman–Crippen MR) is 127 cm³/mol. The minimum atomic E-state index is -4.18. The summed E-state index contributed by atoms with van der Waals surface area (Å²) in [6, 6.07) is 3.61. The first-order valence-electron chi connectivity index (χ1n) is 12.9. The summed E-state index contributed by atoms with van der Waals surface area (Å²) >= 11 is 0. The van der Waals surface area contributed by atoms with Gasteiger partial charge in [0.2, 0.25) is 0 Å². The Morgan fingerprint density at radius 1 is 1.14 bits per heavy atom. The summed E-state index contributed by atoms with van der Waals surface area (Å²) < 4.78 is 53.2. The second-order valence-electron chi connectivity index (χ2n) is 10.5. The van der Waals surface area contributed by atoms with Crippen LogP contribution >= 0.6 is 0 Å². The summed E-state index contributed by atoms with van der Waals surface area (Å²) in [6.45, 7) is 2.19. The van der Waals surface area contributed by atoms with Crippen molar-refractivity contribution in [2.45, 2.75) is 82.5 Å². The minimum Gasteiger partial charge on any atom is -0.302 e. The molecule has 2 aliphatic rings. The molecule has 36 heavy (non-hydrogen) atoms. The molecule has 1 aliphatic carbocycles. The maximum Gasteiger partial charge on any atom is 0.389 e. The molecule has 1 saturated carbocycles. The lowest BCUT2D eigenvalue weighted by Gasteiger charge is -2.35. The van der Waals surface area contributed by atoms with Gasteiger partial charge < -0.3 is 4.90 Å². The van der Waals surface area contributed by atoms with Crippen molar-refractivity contribution in [3.63, 3.8) is 0 Å². The largest absolute Gasteiger partial charge is 0.389 e. The van der Waals surface area contributed by atoms with Crippen LogP contribution in [0.5, 0.6) is 0 Å². The van der Waals surface area contributed by atoms with Crippen molar-refractivity contribution in [3.8, 4) is 0 Å². The number of fused-ring (bicyclic) bond motifs is 1. The number of hydrogen-bond donors (Lipinski definition) is 0. The molecule has 198 valence electrons. The van der Waals surface area contributed by atoms with Gasteiger partial charge in [-0.2, -0.15) is 28.2 Å². The van der Waals surface area contributed by atoms with Crippen LogP contribution in [0.4, 0.5) is 17.6 Å². The molecule has 0 atom stereocenters. The summed E-state index contributed by atoms with van der Waals surface area (Å²) in [5, 5.41) is 8.14. The zero-order valence-corrected chi connectivity index (χ0v) is 20.9. The third kappa shape index (κ3) is 7.82. The summed E-state index contributed by atoms with van der Waals surface area (Å²) in [7, 11) is 1.72. The standard InChI is InChI=1S/C26H35F4N5O/c1-34-31-18-22(33-34)17-23(36)16-19-4-9-25(27,10-5-19)12-15-35-13-7-20-2-3-21(6-11-26(28,29)30)32-24(20)8-14-35/h2-3,18-19H,4-17H2,1H3. The SMILES string of the molecule is Cn1ncc(CC(=O)CC2CCC(F)(CCN3CCc4ccc(CCC(F)(F)F)nc4CC3)CC2)n1. The quantitative estimate of drug-likeness (QED) is 0.463. The first kappa shape index (κ1) is 26.7. The lowest BCUT2D eigenvalue weighted by atomic mass is 9.76. The smallest absolute Gasteiger partial charge is 0.302 e. The molecule has 1 aliphatic heterocycles. The number of alkyl halides is 4. The average Bonchev–Trinajstić information content (AvgIpc) is 3.11. The fourth-order valence-electron chi connectivity index (χ4n) is 5.38. The normalized spacial score (nSPS) is 23.3. The van der Waals surface area contributed by atoms with Crippen LogP contribution < -0.4 is 0 Å². The predicted octanol–water partition coefficient (Wildman–Crippen LogP) is 4.60. The number of rotatable bonds is 9. The van der Waals surface area contributed by atoms with Gasteiger partial charge >= 0.3 is 6.18 Å². The van der Waals surface area contributed by atoms with Gasteiger partial charge in [0.25, 0.3) is 0 Å². The molecule has 0 bridgehead atoms. The number of hydrogen-bond acceptors (Lipinski definition) is 5. The third-order valence-electron chi connectivity index (χ3n) is 7.57. The van der Waals surface area contributed by atoms with Crippen molar-refractivity contribution in [2.24, 2.45) is 13.0 Å². The first-order chi connectivity index (χ1) is 17.1. The van der Waals surface area contributed by atoms with Crippen LogP contribution in [0.1, 0.15) is 67.6 Å². The van der Waals surface area contributed by atoms with Crippen molar-refractivity contribution in [1.29, 1.82) is 0 Å². The van der Waals surface area contributed by atoms with E-state index in [9.17, 15) is 18.0 Å². The number of aryl methyl sites for hydroxylation is 2. The molecule has 3 heterocycles. The van der Waals surface area contributed by atoms with Crippen molar-refractivity contribution in [2.75, 3.05) is 19.6 Å². The number of halogens is 4. The Balaban J connectivity index is 1.19. The number of aromatic nitrogens is 4. The molecule has 0 spiro atoms. The van der Waals surface area contributed by atoms with E-state index in [0.717, 1.165) is 43.6 Å². The van der Waals surface area contributed by atoms with E-state index in [1.54, 1.807) is 19.3 Å². The summed E-state index contributed by atoms with van der Waals surface area (Å²) in [4.78, 5) is 20.6. The van der Waals surface area contributed by atoms with Crippen LogP contribution in [0, 0.1) is 5.92 Å². The number of nitrogens with zero attached hydrogens (tertiary/aromatic N) is 5. The Labute approximate surface area is 209 Å². The van der Waals surface area contributed by atoms with Crippen LogP contribution in [-0.4, -0.2) is 62.1 Å².